The molecule has 1 heterocycles. The van der Waals surface area contributed by atoms with Gasteiger partial charge in [0, 0.05) is 11.3 Å². The average Bonchev–Trinajstić information content (AvgIpc) is 2.66. The Kier molecular flexibility index (Phi) is 5.95. The van der Waals surface area contributed by atoms with Crippen LogP contribution in [0.2, 0.25) is 5.02 Å². The molecule has 0 bridgehead atoms. The van der Waals surface area contributed by atoms with Crippen molar-refractivity contribution in [3.63, 3.8) is 0 Å². The van der Waals surface area contributed by atoms with Gasteiger partial charge >= 0.3 is 0 Å². The van der Waals surface area contributed by atoms with Crippen molar-refractivity contribution in [3.8, 4) is 0 Å². The highest BCUT2D eigenvalue weighted by molar-refractivity contribution is 7.90. The molecule has 1 N–H and O–H groups in total. The lowest BCUT2D eigenvalue weighted by molar-refractivity contribution is 0.102. The molecule has 0 spiro atoms. The van der Waals surface area contributed by atoms with Crippen LogP contribution in [0.4, 0.5) is 10.1 Å². The summed E-state index contributed by atoms with van der Waals surface area (Å²) >= 11 is 6.02. The van der Waals surface area contributed by atoms with Gasteiger partial charge in [-0.1, -0.05) is 41.9 Å². The lowest BCUT2D eigenvalue weighted by atomic mass is 10.1. The van der Waals surface area contributed by atoms with E-state index in [0.717, 1.165) is 23.4 Å². The number of benzene rings is 2. The second-order valence-corrected chi connectivity index (χ2v) is 8.76. The highest BCUT2D eigenvalue weighted by Crippen LogP contribution is 2.22. The Labute approximate surface area is 172 Å². The molecule has 0 saturated carbocycles. The summed E-state index contributed by atoms with van der Waals surface area (Å²) in [6.07, 6.45) is 1.04. The number of aryl methyl sites for hydroxylation is 2. The summed E-state index contributed by atoms with van der Waals surface area (Å²) in [5, 5.41) is 1.98. The molecule has 3 aromatic rings. The van der Waals surface area contributed by atoms with Gasteiger partial charge in [-0.25, -0.2) is 22.8 Å². The Bertz CT molecular complexity index is 1200. The molecular weight excluding hydrogens is 417 g/mol. The third-order valence-corrected chi connectivity index (χ3v) is 5.88. The topological polar surface area (TPSA) is 89.0 Å². The molecule has 3 rings (SSSR count). The summed E-state index contributed by atoms with van der Waals surface area (Å²) in [5.41, 5.74) is 2.01. The van der Waals surface area contributed by atoms with Gasteiger partial charge in [0.05, 0.1) is 17.0 Å². The molecule has 9 heteroatoms. The fourth-order valence-electron chi connectivity index (χ4n) is 2.60. The minimum absolute atomic E-state index is 0.0209. The first-order valence-electron chi connectivity index (χ1n) is 8.54. The molecule has 29 heavy (non-hydrogen) atoms. The number of aromatic nitrogens is 2. The summed E-state index contributed by atoms with van der Waals surface area (Å²) < 4.78 is 39.1. The van der Waals surface area contributed by atoms with Gasteiger partial charge in [-0.05, 0) is 37.1 Å². The molecule has 0 fully saturated rings. The summed E-state index contributed by atoms with van der Waals surface area (Å²) in [4.78, 5) is 20.2. The number of halogens is 2. The first-order valence-corrected chi connectivity index (χ1v) is 10.6. The van der Waals surface area contributed by atoms with Gasteiger partial charge in [0.15, 0.2) is 5.69 Å². The Morgan fingerprint density at radius 3 is 2.62 bits per heavy atom. The van der Waals surface area contributed by atoms with Crippen molar-refractivity contribution in [2.75, 3.05) is 5.32 Å². The molecular formula is C20H17ClFN3O3S. The molecule has 1 aromatic heterocycles. The summed E-state index contributed by atoms with van der Waals surface area (Å²) in [6, 6.07) is 11.0. The fraction of sp³-hybridized carbons (Fsp3) is 0.150. The van der Waals surface area contributed by atoms with Crippen molar-refractivity contribution >= 4 is 33.0 Å². The van der Waals surface area contributed by atoms with E-state index in [2.05, 4.69) is 15.3 Å². The summed E-state index contributed by atoms with van der Waals surface area (Å²) in [7, 11) is -4.10. The summed E-state index contributed by atoms with van der Waals surface area (Å²) in [6.45, 7) is 3.70. The van der Waals surface area contributed by atoms with Gasteiger partial charge in [0.2, 0.25) is 15.0 Å². The second-order valence-electron chi connectivity index (χ2n) is 6.47. The highest BCUT2D eigenvalue weighted by atomic mass is 35.5. The quantitative estimate of drug-likeness (QED) is 0.611. The van der Waals surface area contributed by atoms with Gasteiger partial charge in [0.25, 0.3) is 5.91 Å². The highest BCUT2D eigenvalue weighted by Gasteiger charge is 2.24. The van der Waals surface area contributed by atoms with Gasteiger partial charge in [0.1, 0.15) is 5.82 Å². The molecule has 0 saturated heterocycles. The number of carbonyl (C=O) groups excluding carboxylic acids is 1. The maximum atomic E-state index is 13.8. The van der Waals surface area contributed by atoms with Crippen LogP contribution in [-0.2, 0) is 15.6 Å². The van der Waals surface area contributed by atoms with E-state index in [1.807, 2.05) is 26.0 Å². The number of rotatable bonds is 5. The van der Waals surface area contributed by atoms with Crippen molar-refractivity contribution in [2.45, 2.75) is 24.8 Å². The molecule has 0 atom stereocenters. The van der Waals surface area contributed by atoms with E-state index in [9.17, 15) is 17.6 Å². The van der Waals surface area contributed by atoms with Crippen LogP contribution in [0.25, 0.3) is 0 Å². The van der Waals surface area contributed by atoms with Crippen LogP contribution in [0.1, 0.15) is 27.2 Å². The maximum absolute atomic E-state index is 13.8. The lowest BCUT2D eigenvalue weighted by Gasteiger charge is -2.11. The summed E-state index contributed by atoms with van der Waals surface area (Å²) in [5.74, 6) is -1.97. The van der Waals surface area contributed by atoms with Crippen molar-refractivity contribution in [2.24, 2.45) is 0 Å². The monoisotopic (exact) mass is 433 g/mol. The lowest BCUT2D eigenvalue weighted by Crippen LogP contribution is -2.18. The molecule has 2 aromatic carbocycles. The molecule has 150 valence electrons. The first-order chi connectivity index (χ1) is 13.7. The van der Waals surface area contributed by atoms with E-state index >= 15 is 0 Å². The van der Waals surface area contributed by atoms with E-state index in [-0.39, 0.29) is 16.3 Å². The normalized spacial score (nSPS) is 11.3. The van der Waals surface area contributed by atoms with Crippen LogP contribution in [-0.4, -0.2) is 24.3 Å². The molecule has 0 aliphatic carbocycles. The van der Waals surface area contributed by atoms with Crippen molar-refractivity contribution in [3.05, 3.63) is 81.9 Å². The standard InChI is InChI=1S/C20H17ClFN3O3S/c1-12-7-8-13(2)17(9-12)24-19(26)18-15(21)10-23-20(25-18)29(27,28)11-14-5-3-4-6-16(14)22/h3-10H,11H2,1-2H3,(H,24,26). The van der Waals surface area contributed by atoms with Gasteiger partial charge < -0.3 is 5.32 Å². The zero-order valence-corrected chi connectivity index (χ0v) is 17.2. The third-order valence-electron chi connectivity index (χ3n) is 4.16. The van der Waals surface area contributed by atoms with Gasteiger partial charge in [-0.2, -0.15) is 0 Å². The first kappa shape index (κ1) is 20.9. The van der Waals surface area contributed by atoms with Crippen molar-refractivity contribution < 1.29 is 17.6 Å². The number of hydrogen-bond donors (Lipinski definition) is 1. The minimum atomic E-state index is -4.10. The van der Waals surface area contributed by atoms with Crippen LogP contribution < -0.4 is 5.32 Å². The number of hydrogen-bond acceptors (Lipinski definition) is 5. The number of nitrogens with zero attached hydrogens (tertiary/aromatic N) is 2. The van der Waals surface area contributed by atoms with Crippen molar-refractivity contribution in [1.82, 2.24) is 9.97 Å². The number of anilines is 1. The smallest absolute Gasteiger partial charge is 0.275 e. The van der Waals surface area contributed by atoms with E-state index in [0.29, 0.717) is 5.69 Å². The van der Waals surface area contributed by atoms with Gasteiger partial charge in [-0.3, -0.25) is 4.79 Å². The van der Waals surface area contributed by atoms with Crippen LogP contribution >= 0.6 is 11.6 Å². The number of amides is 1. The van der Waals surface area contributed by atoms with E-state index < -0.39 is 32.5 Å². The predicted octanol–water partition coefficient (Wildman–Crippen LogP) is 4.11. The number of carbonyl (C=O) groups is 1. The molecule has 6 nitrogen and oxygen atoms in total. The Morgan fingerprint density at radius 2 is 1.90 bits per heavy atom. The van der Waals surface area contributed by atoms with Crippen LogP contribution in [0.3, 0.4) is 0 Å². The van der Waals surface area contributed by atoms with Crippen LogP contribution in [0.5, 0.6) is 0 Å². The molecule has 0 unspecified atom stereocenters. The van der Waals surface area contributed by atoms with Crippen LogP contribution in [0.15, 0.2) is 53.8 Å². The van der Waals surface area contributed by atoms with E-state index in [4.69, 9.17) is 11.6 Å². The Morgan fingerprint density at radius 1 is 1.17 bits per heavy atom. The average molecular weight is 434 g/mol. The van der Waals surface area contributed by atoms with E-state index in [1.54, 1.807) is 6.07 Å². The molecule has 0 radical (unpaired) electrons. The molecule has 0 aliphatic rings. The van der Waals surface area contributed by atoms with Crippen LogP contribution in [0, 0.1) is 19.7 Å². The third kappa shape index (κ3) is 4.78. The minimum Gasteiger partial charge on any atom is -0.320 e. The number of nitrogens with one attached hydrogen (secondary N) is 1. The molecule has 1 amide bonds. The largest absolute Gasteiger partial charge is 0.320 e. The van der Waals surface area contributed by atoms with E-state index in [1.165, 1.54) is 18.2 Å². The SMILES string of the molecule is Cc1ccc(C)c(NC(=O)c2nc(S(=O)(=O)Cc3ccccc3F)ncc2Cl)c1. The second kappa shape index (κ2) is 8.26. The Hall–Kier alpha value is -2.84. The fourth-order valence-corrected chi connectivity index (χ4v) is 3.99. The Balaban J connectivity index is 1.92. The van der Waals surface area contributed by atoms with Gasteiger partial charge in [-0.15, -0.1) is 0 Å². The maximum Gasteiger partial charge on any atom is 0.275 e. The zero-order valence-electron chi connectivity index (χ0n) is 15.6. The number of sulfone groups is 1. The predicted molar refractivity (Wildman–Crippen MR) is 108 cm³/mol. The zero-order chi connectivity index (χ0) is 21.2. The molecule has 0 aliphatic heterocycles. The van der Waals surface area contributed by atoms with Crippen molar-refractivity contribution in [1.29, 1.82) is 0 Å².